The molecule has 3 saturated heterocycles. The summed E-state index contributed by atoms with van der Waals surface area (Å²) in [5.74, 6) is -0.272. The predicted molar refractivity (Wildman–Crippen MR) is 61.9 cm³/mol. The number of urea groups is 1. The van der Waals surface area contributed by atoms with Crippen molar-refractivity contribution in [2.75, 3.05) is 33.0 Å². The number of carbonyl (C=O) groups excluding carboxylic acids is 2. The molecule has 3 unspecified atom stereocenters. The molecule has 0 saturated carbocycles. The summed E-state index contributed by atoms with van der Waals surface area (Å²) in [6, 6.07) is -0.348. The van der Waals surface area contributed by atoms with Crippen LogP contribution in [0.25, 0.3) is 0 Å². The van der Waals surface area contributed by atoms with Gasteiger partial charge in [0.1, 0.15) is 0 Å². The Morgan fingerprint density at radius 2 is 2.06 bits per heavy atom. The van der Waals surface area contributed by atoms with E-state index >= 15 is 0 Å². The first-order valence-electron chi connectivity index (χ1n) is 6.53. The Hall–Kier alpha value is -1.14. The summed E-state index contributed by atoms with van der Waals surface area (Å²) >= 11 is 0. The molecule has 0 bridgehead atoms. The first-order chi connectivity index (χ1) is 8.74. The molecule has 3 amide bonds. The molecular weight excluding hydrogens is 236 g/mol. The molecule has 0 spiro atoms. The Balaban J connectivity index is 1.88. The van der Waals surface area contributed by atoms with Gasteiger partial charge in [-0.25, -0.2) is 4.79 Å². The van der Waals surface area contributed by atoms with Crippen molar-refractivity contribution in [1.29, 1.82) is 0 Å². The zero-order chi connectivity index (χ0) is 12.7. The maximum Gasteiger partial charge on any atom is 0.327 e. The van der Waals surface area contributed by atoms with Crippen LogP contribution in [0.2, 0.25) is 0 Å². The summed E-state index contributed by atoms with van der Waals surface area (Å²) in [5, 5.41) is 0. The first-order valence-corrected chi connectivity index (χ1v) is 6.53. The topological polar surface area (TPSA) is 59.1 Å². The highest BCUT2D eigenvalue weighted by molar-refractivity contribution is 5.99. The summed E-state index contributed by atoms with van der Waals surface area (Å²) in [6.45, 7) is 4.54. The van der Waals surface area contributed by atoms with Gasteiger partial charge in [0.25, 0.3) is 0 Å². The van der Waals surface area contributed by atoms with Crippen LogP contribution in [0.3, 0.4) is 0 Å². The molecular formula is C12H18N2O4. The van der Waals surface area contributed by atoms with Crippen LogP contribution in [0, 0.1) is 5.92 Å². The number of carbonyl (C=O) groups is 2. The zero-order valence-electron chi connectivity index (χ0n) is 10.5. The van der Waals surface area contributed by atoms with Crippen molar-refractivity contribution in [3.63, 3.8) is 0 Å². The van der Waals surface area contributed by atoms with Crippen molar-refractivity contribution in [2.24, 2.45) is 5.92 Å². The van der Waals surface area contributed by atoms with Crippen LogP contribution in [0.1, 0.15) is 13.3 Å². The number of amides is 3. The molecule has 3 rings (SSSR count). The van der Waals surface area contributed by atoms with E-state index in [4.69, 9.17) is 9.47 Å². The zero-order valence-corrected chi connectivity index (χ0v) is 10.5. The minimum absolute atomic E-state index is 0.0754. The number of ether oxygens (including phenoxy) is 2. The first kappa shape index (κ1) is 11.9. The second-order valence-electron chi connectivity index (χ2n) is 5.01. The third-order valence-corrected chi connectivity index (χ3v) is 4.07. The number of nitrogens with zero attached hydrogens (tertiary/aromatic N) is 2. The molecule has 6 nitrogen and oxygen atoms in total. The van der Waals surface area contributed by atoms with Gasteiger partial charge in [0.2, 0.25) is 5.91 Å². The number of fused-ring (bicyclic) bond motifs is 1. The van der Waals surface area contributed by atoms with Crippen LogP contribution in [0.4, 0.5) is 4.79 Å². The number of hydrogen-bond donors (Lipinski definition) is 0. The van der Waals surface area contributed by atoms with E-state index in [0.29, 0.717) is 33.0 Å². The van der Waals surface area contributed by atoms with E-state index in [-0.39, 0.29) is 29.9 Å². The van der Waals surface area contributed by atoms with Crippen LogP contribution < -0.4 is 0 Å². The van der Waals surface area contributed by atoms with Crippen molar-refractivity contribution < 1.29 is 19.1 Å². The van der Waals surface area contributed by atoms with Gasteiger partial charge in [0.05, 0.1) is 37.8 Å². The highest BCUT2D eigenvalue weighted by atomic mass is 16.5. The van der Waals surface area contributed by atoms with Crippen LogP contribution in [0.5, 0.6) is 0 Å². The van der Waals surface area contributed by atoms with E-state index in [0.717, 1.165) is 6.42 Å². The number of imide groups is 1. The molecule has 3 atom stereocenters. The lowest BCUT2D eigenvalue weighted by atomic mass is 9.96. The van der Waals surface area contributed by atoms with E-state index in [1.165, 1.54) is 4.90 Å². The Kier molecular flexibility index (Phi) is 2.99. The lowest BCUT2D eigenvalue weighted by Gasteiger charge is -2.42. The third-order valence-electron chi connectivity index (χ3n) is 4.07. The van der Waals surface area contributed by atoms with Gasteiger partial charge in [-0.2, -0.15) is 0 Å². The molecule has 3 aliphatic heterocycles. The van der Waals surface area contributed by atoms with Crippen molar-refractivity contribution in [2.45, 2.75) is 25.4 Å². The van der Waals surface area contributed by atoms with Gasteiger partial charge in [-0.15, -0.1) is 0 Å². The van der Waals surface area contributed by atoms with E-state index in [1.807, 2.05) is 6.92 Å². The van der Waals surface area contributed by atoms with E-state index in [2.05, 4.69) is 0 Å². The highest BCUT2D eigenvalue weighted by Crippen LogP contribution is 2.30. The second kappa shape index (κ2) is 4.51. The highest BCUT2D eigenvalue weighted by Gasteiger charge is 2.50. The minimum Gasteiger partial charge on any atom is -0.379 e. The SMILES string of the molecule is CCN1C(=O)N(C2CCOC2)C(=O)C2COCC21. The van der Waals surface area contributed by atoms with Crippen molar-refractivity contribution >= 4 is 11.9 Å². The smallest absolute Gasteiger partial charge is 0.327 e. The van der Waals surface area contributed by atoms with Crippen molar-refractivity contribution in [1.82, 2.24) is 9.80 Å². The number of rotatable bonds is 2. The van der Waals surface area contributed by atoms with Gasteiger partial charge >= 0.3 is 6.03 Å². The maximum absolute atomic E-state index is 12.4. The van der Waals surface area contributed by atoms with Gasteiger partial charge in [-0.1, -0.05) is 0 Å². The van der Waals surface area contributed by atoms with Gasteiger partial charge in [0.15, 0.2) is 0 Å². The molecule has 3 heterocycles. The van der Waals surface area contributed by atoms with Crippen LogP contribution in [0.15, 0.2) is 0 Å². The van der Waals surface area contributed by atoms with E-state index in [1.54, 1.807) is 4.90 Å². The second-order valence-corrected chi connectivity index (χ2v) is 5.01. The Morgan fingerprint density at radius 3 is 2.72 bits per heavy atom. The largest absolute Gasteiger partial charge is 0.379 e. The Morgan fingerprint density at radius 1 is 1.22 bits per heavy atom. The van der Waals surface area contributed by atoms with E-state index in [9.17, 15) is 9.59 Å². The van der Waals surface area contributed by atoms with Crippen LogP contribution in [-0.2, 0) is 14.3 Å². The molecule has 100 valence electrons. The lowest BCUT2D eigenvalue weighted by molar-refractivity contribution is -0.139. The molecule has 0 aliphatic carbocycles. The van der Waals surface area contributed by atoms with E-state index < -0.39 is 0 Å². The van der Waals surface area contributed by atoms with Gasteiger partial charge in [0, 0.05) is 13.2 Å². The molecule has 0 N–H and O–H groups in total. The van der Waals surface area contributed by atoms with Gasteiger partial charge < -0.3 is 14.4 Å². The monoisotopic (exact) mass is 254 g/mol. The number of likely N-dealkylation sites (N-methyl/N-ethyl adjacent to an activating group) is 1. The van der Waals surface area contributed by atoms with Crippen LogP contribution in [-0.4, -0.2) is 66.8 Å². The Bertz CT molecular complexity index is 367. The summed E-state index contributed by atoms with van der Waals surface area (Å²) in [4.78, 5) is 28.0. The van der Waals surface area contributed by atoms with Crippen molar-refractivity contribution in [3.8, 4) is 0 Å². The summed E-state index contributed by atoms with van der Waals surface area (Å²) in [7, 11) is 0. The molecule has 3 fully saturated rings. The summed E-state index contributed by atoms with van der Waals surface area (Å²) in [5.41, 5.74) is 0. The molecule has 0 radical (unpaired) electrons. The third kappa shape index (κ3) is 1.63. The summed E-state index contributed by atoms with van der Waals surface area (Å²) in [6.07, 6.45) is 0.743. The molecule has 0 aromatic heterocycles. The number of hydrogen-bond acceptors (Lipinski definition) is 4. The fourth-order valence-electron chi connectivity index (χ4n) is 3.07. The fourth-order valence-corrected chi connectivity index (χ4v) is 3.07. The average Bonchev–Trinajstić information content (AvgIpc) is 2.99. The maximum atomic E-state index is 12.4. The lowest BCUT2D eigenvalue weighted by Crippen LogP contribution is -2.63. The minimum atomic E-state index is -0.191. The summed E-state index contributed by atoms with van der Waals surface area (Å²) < 4.78 is 10.7. The molecule has 0 aromatic carbocycles. The van der Waals surface area contributed by atoms with Crippen molar-refractivity contribution in [3.05, 3.63) is 0 Å². The molecule has 6 heteroatoms. The Labute approximate surface area is 106 Å². The quantitative estimate of drug-likeness (QED) is 0.700. The fraction of sp³-hybridized carbons (Fsp3) is 0.833. The molecule has 0 aromatic rings. The van der Waals surface area contributed by atoms with Crippen LogP contribution >= 0.6 is 0 Å². The van der Waals surface area contributed by atoms with Gasteiger partial charge in [-0.05, 0) is 13.3 Å². The molecule has 18 heavy (non-hydrogen) atoms. The average molecular weight is 254 g/mol. The van der Waals surface area contributed by atoms with Gasteiger partial charge in [-0.3, -0.25) is 9.69 Å². The standard InChI is InChI=1S/C12H18N2O4/c1-2-13-10-7-18-6-9(10)11(15)14(12(13)16)8-3-4-17-5-8/h8-10H,2-7H2,1H3. The molecule has 3 aliphatic rings. The predicted octanol–water partition coefficient (Wildman–Crippen LogP) is 0.0744. The normalized spacial score (nSPS) is 36.4.